The lowest BCUT2D eigenvalue weighted by Gasteiger charge is -2.41. The minimum atomic E-state index is -0.952. The number of likely N-dealkylation sites (N-methyl/N-ethyl adjacent to an activating group) is 1. The van der Waals surface area contributed by atoms with E-state index in [1.165, 1.54) is 4.90 Å². The zero-order valence-electron chi connectivity index (χ0n) is 11.7. The molecule has 1 fully saturated rings. The first-order valence-corrected chi connectivity index (χ1v) is 6.90. The second kappa shape index (κ2) is 6.21. The molecule has 1 aliphatic rings. The van der Waals surface area contributed by atoms with Crippen LogP contribution in [-0.4, -0.2) is 34.5 Å². The molecule has 0 bridgehead atoms. The van der Waals surface area contributed by atoms with Gasteiger partial charge in [-0.1, -0.05) is 33.1 Å². The standard InChI is InChI=1S/C14H25NO3/c1-11(2)7-8-12(16)15(3)14(13(17)18)9-5-4-6-10-14/h11H,4-10H2,1-3H3,(H,17,18). The summed E-state index contributed by atoms with van der Waals surface area (Å²) in [6.45, 7) is 4.14. The molecule has 0 aromatic rings. The zero-order chi connectivity index (χ0) is 13.8. The third-order valence-corrected chi connectivity index (χ3v) is 4.03. The Morgan fingerprint density at radius 1 is 1.22 bits per heavy atom. The van der Waals surface area contributed by atoms with E-state index >= 15 is 0 Å². The van der Waals surface area contributed by atoms with Crippen LogP contribution in [-0.2, 0) is 9.59 Å². The molecule has 0 atom stereocenters. The summed E-state index contributed by atoms with van der Waals surface area (Å²) in [5.74, 6) is -0.412. The molecular weight excluding hydrogens is 230 g/mol. The van der Waals surface area contributed by atoms with Crippen molar-refractivity contribution in [2.24, 2.45) is 5.92 Å². The van der Waals surface area contributed by atoms with Crippen LogP contribution < -0.4 is 0 Å². The lowest BCUT2D eigenvalue weighted by molar-refractivity contribution is -0.160. The molecule has 1 rings (SSSR count). The molecule has 0 radical (unpaired) electrons. The summed E-state index contributed by atoms with van der Waals surface area (Å²) in [4.78, 5) is 25.2. The summed E-state index contributed by atoms with van der Waals surface area (Å²) in [7, 11) is 1.65. The first-order valence-electron chi connectivity index (χ1n) is 6.90. The Hall–Kier alpha value is -1.06. The van der Waals surface area contributed by atoms with Crippen LogP contribution >= 0.6 is 0 Å². The predicted molar refractivity (Wildman–Crippen MR) is 70.3 cm³/mol. The third-order valence-electron chi connectivity index (χ3n) is 4.03. The largest absolute Gasteiger partial charge is 0.479 e. The highest BCUT2D eigenvalue weighted by molar-refractivity contribution is 5.87. The van der Waals surface area contributed by atoms with Crippen molar-refractivity contribution in [1.82, 2.24) is 4.90 Å². The number of hydrogen-bond acceptors (Lipinski definition) is 2. The molecule has 4 nitrogen and oxygen atoms in total. The van der Waals surface area contributed by atoms with Gasteiger partial charge in [0.05, 0.1) is 0 Å². The van der Waals surface area contributed by atoms with Crippen molar-refractivity contribution in [3.8, 4) is 0 Å². The maximum absolute atomic E-state index is 12.1. The van der Waals surface area contributed by atoms with Crippen molar-refractivity contribution in [2.75, 3.05) is 7.05 Å². The van der Waals surface area contributed by atoms with Gasteiger partial charge in [-0.2, -0.15) is 0 Å². The summed E-state index contributed by atoms with van der Waals surface area (Å²) >= 11 is 0. The number of carbonyl (C=O) groups excluding carboxylic acids is 1. The van der Waals surface area contributed by atoms with Crippen molar-refractivity contribution in [1.29, 1.82) is 0 Å². The van der Waals surface area contributed by atoms with Crippen molar-refractivity contribution < 1.29 is 14.7 Å². The average Bonchev–Trinajstić information content (AvgIpc) is 2.35. The number of nitrogens with zero attached hydrogens (tertiary/aromatic N) is 1. The van der Waals surface area contributed by atoms with E-state index in [0.29, 0.717) is 25.2 Å². The van der Waals surface area contributed by atoms with Gasteiger partial charge < -0.3 is 10.0 Å². The van der Waals surface area contributed by atoms with Gasteiger partial charge in [0.25, 0.3) is 0 Å². The monoisotopic (exact) mass is 255 g/mol. The van der Waals surface area contributed by atoms with E-state index in [0.717, 1.165) is 25.7 Å². The van der Waals surface area contributed by atoms with Crippen LogP contribution in [0.5, 0.6) is 0 Å². The van der Waals surface area contributed by atoms with Crippen LogP contribution in [0.4, 0.5) is 0 Å². The first-order chi connectivity index (χ1) is 8.40. The summed E-state index contributed by atoms with van der Waals surface area (Å²) in [5.41, 5.74) is -0.952. The van der Waals surface area contributed by atoms with E-state index in [9.17, 15) is 14.7 Å². The summed E-state index contributed by atoms with van der Waals surface area (Å²) in [6, 6.07) is 0. The van der Waals surface area contributed by atoms with Crippen LogP contribution in [0.25, 0.3) is 0 Å². The van der Waals surface area contributed by atoms with Gasteiger partial charge in [-0.25, -0.2) is 4.79 Å². The van der Waals surface area contributed by atoms with Gasteiger partial charge >= 0.3 is 5.97 Å². The van der Waals surface area contributed by atoms with Crippen LogP contribution in [0.2, 0.25) is 0 Å². The predicted octanol–water partition coefficient (Wildman–Crippen LogP) is 2.67. The highest BCUT2D eigenvalue weighted by atomic mass is 16.4. The summed E-state index contributed by atoms with van der Waals surface area (Å²) in [6.07, 6.45) is 5.31. The van der Waals surface area contributed by atoms with Gasteiger partial charge in [-0.15, -0.1) is 0 Å². The van der Waals surface area contributed by atoms with E-state index in [1.807, 2.05) is 0 Å². The summed E-state index contributed by atoms with van der Waals surface area (Å²) in [5, 5.41) is 9.49. The van der Waals surface area contributed by atoms with E-state index in [4.69, 9.17) is 0 Å². The van der Waals surface area contributed by atoms with Gasteiger partial charge in [0.15, 0.2) is 0 Å². The number of carbonyl (C=O) groups is 2. The second-order valence-corrected chi connectivity index (χ2v) is 5.78. The molecule has 1 saturated carbocycles. The number of rotatable bonds is 5. The molecule has 0 aromatic carbocycles. The zero-order valence-corrected chi connectivity index (χ0v) is 11.7. The average molecular weight is 255 g/mol. The lowest BCUT2D eigenvalue weighted by atomic mass is 9.80. The van der Waals surface area contributed by atoms with Crippen molar-refractivity contribution in [2.45, 2.75) is 64.3 Å². The molecule has 0 unspecified atom stereocenters. The Kier molecular flexibility index (Phi) is 5.17. The maximum atomic E-state index is 12.1. The van der Waals surface area contributed by atoms with E-state index < -0.39 is 11.5 Å². The van der Waals surface area contributed by atoms with Gasteiger partial charge in [-0.05, 0) is 25.2 Å². The molecule has 0 aliphatic heterocycles. The van der Waals surface area contributed by atoms with E-state index in [2.05, 4.69) is 13.8 Å². The van der Waals surface area contributed by atoms with Gasteiger partial charge in [0.2, 0.25) is 5.91 Å². The van der Waals surface area contributed by atoms with Crippen LogP contribution in [0.1, 0.15) is 58.8 Å². The molecule has 0 aromatic heterocycles. The molecule has 0 spiro atoms. The lowest BCUT2D eigenvalue weighted by Crippen LogP contribution is -2.56. The fourth-order valence-electron chi connectivity index (χ4n) is 2.65. The van der Waals surface area contributed by atoms with Crippen molar-refractivity contribution in [3.05, 3.63) is 0 Å². The molecule has 1 aliphatic carbocycles. The van der Waals surface area contributed by atoms with Crippen molar-refractivity contribution in [3.63, 3.8) is 0 Å². The second-order valence-electron chi connectivity index (χ2n) is 5.78. The minimum Gasteiger partial charge on any atom is -0.479 e. The molecule has 1 N–H and O–H groups in total. The highest BCUT2D eigenvalue weighted by Crippen LogP contribution is 2.33. The Balaban J connectivity index is 2.73. The Morgan fingerprint density at radius 3 is 2.22 bits per heavy atom. The van der Waals surface area contributed by atoms with Crippen molar-refractivity contribution >= 4 is 11.9 Å². The minimum absolute atomic E-state index is 0.0343. The number of hydrogen-bond donors (Lipinski definition) is 1. The summed E-state index contributed by atoms with van der Waals surface area (Å²) < 4.78 is 0. The molecule has 1 amide bonds. The quantitative estimate of drug-likeness (QED) is 0.821. The molecule has 0 saturated heterocycles. The topological polar surface area (TPSA) is 57.6 Å². The third kappa shape index (κ3) is 3.24. The number of aliphatic carboxylic acids is 1. The Labute approximate surface area is 109 Å². The first kappa shape index (κ1) is 15.0. The SMILES string of the molecule is CC(C)CCC(=O)N(C)C1(C(=O)O)CCCCC1. The normalized spacial score (nSPS) is 18.7. The van der Waals surface area contributed by atoms with Crippen LogP contribution in [0.3, 0.4) is 0 Å². The maximum Gasteiger partial charge on any atom is 0.329 e. The fraction of sp³-hybridized carbons (Fsp3) is 0.857. The van der Waals surface area contributed by atoms with Crippen LogP contribution in [0.15, 0.2) is 0 Å². The molecular formula is C14H25NO3. The van der Waals surface area contributed by atoms with Crippen LogP contribution in [0, 0.1) is 5.92 Å². The Bertz CT molecular complexity index is 306. The fourth-order valence-corrected chi connectivity index (χ4v) is 2.65. The molecule has 0 heterocycles. The number of carboxylic acid groups (broad SMARTS) is 1. The van der Waals surface area contributed by atoms with Gasteiger partial charge in [-0.3, -0.25) is 4.79 Å². The van der Waals surface area contributed by atoms with E-state index in [1.54, 1.807) is 7.05 Å². The van der Waals surface area contributed by atoms with Gasteiger partial charge in [0, 0.05) is 13.5 Å². The number of carboxylic acids is 1. The van der Waals surface area contributed by atoms with Gasteiger partial charge in [0.1, 0.15) is 5.54 Å². The smallest absolute Gasteiger partial charge is 0.329 e. The Morgan fingerprint density at radius 2 is 1.78 bits per heavy atom. The highest BCUT2D eigenvalue weighted by Gasteiger charge is 2.45. The molecule has 4 heteroatoms. The molecule has 18 heavy (non-hydrogen) atoms. The number of amides is 1. The molecule has 104 valence electrons. The van der Waals surface area contributed by atoms with E-state index in [-0.39, 0.29) is 5.91 Å².